The quantitative estimate of drug-likeness (QED) is 0.108. The third-order valence-corrected chi connectivity index (χ3v) is 10.5. The predicted molar refractivity (Wildman–Crippen MR) is 179 cm³/mol. The van der Waals surface area contributed by atoms with Gasteiger partial charge in [-0.25, -0.2) is 16.8 Å². The molecule has 0 unspecified atom stereocenters. The van der Waals surface area contributed by atoms with Crippen molar-refractivity contribution in [1.82, 2.24) is 0 Å². The van der Waals surface area contributed by atoms with Crippen LogP contribution in [0.5, 0.6) is 0 Å². The Morgan fingerprint density at radius 3 is 2.02 bits per heavy atom. The molecule has 0 aliphatic carbocycles. The van der Waals surface area contributed by atoms with Gasteiger partial charge in [0.25, 0.3) is 0 Å². The van der Waals surface area contributed by atoms with Crippen LogP contribution in [0.25, 0.3) is 0 Å². The minimum Gasteiger partial charge on any atom is -0.744 e. The number of carbonyl (C=O) groups is 1. The third kappa shape index (κ3) is 8.74. The molecule has 0 saturated heterocycles. The Labute approximate surface area is 326 Å². The zero-order chi connectivity index (χ0) is 34.8. The molecule has 0 spiro atoms. The molecule has 2 aliphatic rings. The van der Waals surface area contributed by atoms with Crippen LogP contribution in [0, 0.1) is 0 Å². The molecule has 10 nitrogen and oxygen atoms in total. The van der Waals surface area contributed by atoms with Crippen LogP contribution < -0.4 is 56.3 Å². The molecule has 0 atom stereocenters. The summed E-state index contributed by atoms with van der Waals surface area (Å²) in [6.45, 7) is 11.2. The fraction of sp³-hybridized carbons (Fsp3) is 0.371. The summed E-state index contributed by atoms with van der Waals surface area (Å²) in [6.07, 6.45) is 15.5. The molecule has 1 N–H and O–H groups in total. The monoisotopic (exact) mass is 720 g/mol. The van der Waals surface area contributed by atoms with E-state index < -0.39 is 37.0 Å². The molecule has 2 heterocycles. The second kappa shape index (κ2) is 15.8. The van der Waals surface area contributed by atoms with Gasteiger partial charge < -0.3 is 19.1 Å². The maximum absolute atomic E-state index is 11.8. The molecule has 0 radical (unpaired) electrons. The first-order valence-electron chi connectivity index (χ1n) is 15.5. The van der Waals surface area contributed by atoms with Crippen molar-refractivity contribution >= 4 is 43.3 Å². The van der Waals surface area contributed by atoms with Gasteiger partial charge in [0.15, 0.2) is 5.71 Å². The number of hydrogen-bond acceptors (Lipinski definition) is 8. The number of allylic oxidation sites excluding steroid dienone is 8. The smallest absolute Gasteiger partial charge is 0.744 e. The Hall–Kier alpha value is -2.20. The molecule has 13 heteroatoms. The molecule has 0 bridgehead atoms. The van der Waals surface area contributed by atoms with Gasteiger partial charge in [-0.1, -0.05) is 44.2 Å². The van der Waals surface area contributed by atoms with Crippen LogP contribution in [0.1, 0.15) is 71.4 Å². The number of likely N-dealkylation sites (N-methyl/N-ethyl adjacent to an activating group) is 1. The maximum Gasteiger partial charge on any atom is 1.00 e. The Kier molecular flexibility index (Phi) is 13.2. The molecular formula is C35H41KN2O8S2. The topological polar surface area (TPSA) is 158 Å². The van der Waals surface area contributed by atoms with Crippen LogP contribution in [-0.2, 0) is 35.9 Å². The number of benzene rings is 2. The first kappa shape index (κ1) is 40.2. The minimum absolute atomic E-state index is 0. The van der Waals surface area contributed by atoms with Crippen molar-refractivity contribution in [3.63, 3.8) is 0 Å². The molecular weight excluding hydrogens is 680 g/mol. The van der Waals surface area contributed by atoms with Crippen molar-refractivity contribution in [2.24, 2.45) is 0 Å². The first-order valence-corrected chi connectivity index (χ1v) is 18.3. The van der Waals surface area contributed by atoms with Crippen molar-refractivity contribution in [3.05, 3.63) is 95.8 Å². The number of rotatable bonds is 13. The molecule has 0 amide bonds. The van der Waals surface area contributed by atoms with Crippen molar-refractivity contribution in [2.45, 2.75) is 80.9 Å². The second-order valence-electron chi connectivity index (χ2n) is 12.7. The van der Waals surface area contributed by atoms with Crippen LogP contribution in [-0.4, -0.2) is 60.4 Å². The van der Waals surface area contributed by atoms with E-state index in [0.717, 1.165) is 46.8 Å². The standard InChI is InChI=1S/C35H42N2O8S2.K/c1-6-36-29-20-18-25(46(40,41)42)23-27(29)34(2,3)31(36)15-11-8-7-9-12-16-32-35(4,5)28-24-26(47(43,44)45)19-21-30(28)37(32)22-14-10-13-17-33(38)39;/h7-9,11-12,15-16,18-21,23-24H,6,10,13-14,17,22H2,1-5H3,(H2-,38,39,40,41,42,43,44,45);/q;+1/p-1. The van der Waals surface area contributed by atoms with Crippen LogP contribution in [0.3, 0.4) is 0 Å². The summed E-state index contributed by atoms with van der Waals surface area (Å²) in [4.78, 5) is 12.5. The van der Waals surface area contributed by atoms with Gasteiger partial charge in [-0.05, 0) is 75.6 Å². The summed E-state index contributed by atoms with van der Waals surface area (Å²) in [5, 5.41) is 8.96. The maximum atomic E-state index is 11.8. The largest absolute Gasteiger partial charge is 1.00 e. The Morgan fingerprint density at radius 2 is 1.42 bits per heavy atom. The number of carboxylic acid groups (broad SMARTS) is 1. The van der Waals surface area contributed by atoms with E-state index in [1.165, 1.54) is 24.3 Å². The fourth-order valence-corrected chi connectivity index (χ4v) is 7.40. The van der Waals surface area contributed by atoms with Gasteiger partial charge in [-0.15, -0.1) is 0 Å². The summed E-state index contributed by atoms with van der Waals surface area (Å²) in [7, 11) is -9.20. The van der Waals surface area contributed by atoms with E-state index in [4.69, 9.17) is 5.11 Å². The van der Waals surface area contributed by atoms with E-state index in [9.17, 15) is 30.7 Å². The number of unbranched alkanes of at least 4 members (excludes halogenated alkanes) is 2. The summed E-state index contributed by atoms with van der Waals surface area (Å²) >= 11 is 0. The average Bonchev–Trinajstić information content (AvgIpc) is 3.33. The van der Waals surface area contributed by atoms with E-state index in [1.807, 2.05) is 77.2 Å². The van der Waals surface area contributed by atoms with Crippen LogP contribution in [0.2, 0.25) is 0 Å². The van der Waals surface area contributed by atoms with Crippen molar-refractivity contribution in [1.29, 1.82) is 0 Å². The van der Waals surface area contributed by atoms with Gasteiger partial charge in [0.05, 0.1) is 15.2 Å². The van der Waals surface area contributed by atoms with E-state index in [2.05, 4.69) is 9.48 Å². The second-order valence-corrected chi connectivity index (χ2v) is 15.4. The van der Waals surface area contributed by atoms with Crippen molar-refractivity contribution in [2.75, 3.05) is 18.0 Å². The van der Waals surface area contributed by atoms with Gasteiger partial charge in [-0.2, -0.15) is 4.58 Å². The fourth-order valence-electron chi connectivity index (χ4n) is 6.41. The van der Waals surface area contributed by atoms with Crippen molar-refractivity contribution < 1.29 is 91.8 Å². The van der Waals surface area contributed by atoms with Crippen molar-refractivity contribution in [3.8, 4) is 0 Å². The number of nitrogens with zero attached hydrogens (tertiary/aromatic N) is 2. The molecule has 2 aromatic carbocycles. The minimum atomic E-state index is -4.63. The van der Waals surface area contributed by atoms with Crippen LogP contribution in [0.4, 0.5) is 11.4 Å². The van der Waals surface area contributed by atoms with E-state index in [0.29, 0.717) is 19.5 Å². The zero-order valence-corrected chi connectivity index (χ0v) is 33.0. The summed E-state index contributed by atoms with van der Waals surface area (Å²) < 4.78 is 72.4. The summed E-state index contributed by atoms with van der Waals surface area (Å²) in [6, 6.07) is 8.94. The molecule has 48 heavy (non-hydrogen) atoms. The van der Waals surface area contributed by atoms with Crippen LogP contribution >= 0.6 is 0 Å². The number of carboxylic acids is 1. The van der Waals surface area contributed by atoms with Gasteiger partial charge in [0.2, 0.25) is 5.69 Å². The number of fused-ring (bicyclic) bond motifs is 2. The third-order valence-electron chi connectivity index (χ3n) is 8.85. The first-order chi connectivity index (χ1) is 21.9. The summed E-state index contributed by atoms with van der Waals surface area (Å²) in [5.74, 6) is -0.831. The van der Waals surface area contributed by atoms with Gasteiger partial charge >= 0.3 is 57.4 Å². The Morgan fingerprint density at radius 1 is 0.833 bits per heavy atom. The van der Waals surface area contributed by atoms with Gasteiger partial charge in [0, 0.05) is 53.9 Å². The number of hydrogen-bond donors (Lipinski definition) is 1. The Balaban J connectivity index is 0.00000625. The van der Waals surface area contributed by atoms with Crippen LogP contribution in [0.15, 0.2) is 94.4 Å². The summed E-state index contributed by atoms with van der Waals surface area (Å²) in [5.41, 5.74) is 3.96. The molecule has 0 fully saturated rings. The molecule has 4 rings (SSSR count). The zero-order valence-electron chi connectivity index (χ0n) is 28.3. The SMILES string of the molecule is CCN1/C(=C/C=C/C=C/C=C/C2=[N+](CCCCCC(=O)O)c3ccc(S(=O)(=O)[O-])cc3C2(C)C)C(C)(C)c2cc(S(=O)(=O)[O-])ccc21.[K+]. The van der Waals surface area contributed by atoms with E-state index in [1.54, 1.807) is 12.1 Å². The molecule has 0 aromatic heterocycles. The number of anilines is 1. The van der Waals surface area contributed by atoms with E-state index >= 15 is 0 Å². The number of aliphatic carboxylic acids is 1. The Bertz CT molecular complexity index is 1940. The van der Waals surface area contributed by atoms with E-state index in [-0.39, 0.29) is 67.6 Å². The molecule has 0 saturated carbocycles. The normalized spacial score (nSPS) is 17.9. The van der Waals surface area contributed by atoms with Gasteiger partial charge in [-0.3, -0.25) is 4.79 Å². The molecule has 2 aliphatic heterocycles. The molecule has 252 valence electrons. The molecule has 2 aromatic rings. The van der Waals surface area contributed by atoms with Gasteiger partial charge in [0.1, 0.15) is 26.8 Å². The predicted octanol–water partition coefficient (Wildman–Crippen LogP) is 2.89. The average molecular weight is 721 g/mol.